The maximum atomic E-state index is 11.6. The summed E-state index contributed by atoms with van der Waals surface area (Å²) >= 11 is 0. The monoisotopic (exact) mass is 272 g/mol. The Morgan fingerprint density at radius 2 is 1.80 bits per heavy atom. The van der Waals surface area contributed by atoms with Crippen LogP contribution in [0.4, 0.5) is 5.69 Å². The second-order valence-corrected chi connectivity index (χ2v) is 3.81. The zero-order valence-corrected chi connectivity index (χ0v) is 10.4. The van der Waals surface area contributed by atoms with Gasteiger partial charge in [0.1, 0.15) is 0 Å². The topological polar surface area (TPSA) is 107 Å². The molecule has 7 nitrogen and oxygen atoms in total. The lowest BCUT2D eigenvalue weighted by Crippen LogP contribution is -2.21. The molecule has 0 saturated carbocycles. The van der Waals surface area contributed by atoms with Gasteiger partial charge in [-0.05, 0) is 30.3 Å². The second kappa shape index (κ2) is 6.28. The van der Waals surface area contributed by atoms with E-state index in [0.717, 1.165) is 0 Å². The molecule has 1 heterocycles. The molecule has 2 amide bonds. The summed E-state index contributed by atoms with van der Waals surface area (Å²) in [5.74, 6) is -0.878. The SMILES string of the molecule is NC(=O)c1ccc(NC(=O)COc2ncccn2)cc1. The highest BCUT2D eigenvalue weighted by Gasteiger charge is 2.05. The number of aromatic nitrogens is 2. The van der Waals surface area contributed by atoms with Gasteiger partial charge in [-0.2, -0.15) is 0 Å². The summed E-state index contributed by atoms with van der Waals surface area (Å²) in [7, 11) is 0. The van der Waals surface area contributed by atoms with Crippen molar-refractivity contribution >= 4 is 17.5 Å². The van der Waals surface area contributed by atoms with E-state index in [0.29, 0.717) is 11.3 Å². The summed E-state index contributed by atoms with van der Waals surface area (Å²) < 4.78 is 5.09. The standard InChI is InChI=1S/C13H12N4O3/c14-12(19)9-2-4-10(5-3-9)17-11(18)8-20-13-15-6-1-7-16-13/h1-7H,8H2,(H2,14,19)(H,17,18). The fraction of sp³-hybridized carbons (Fsp3) is 0.0769. The van der Waals surface area contributed by atoms with Crippen molar-refractivity contribution in [3.05, 3.63) is 48.3 Å². The van der Waals surface area contributed by atoms with Gasteiger partial charge in [0.25, 0.3) is 5.91 Å². The highest BCUT2D eigenvalue weighted by molar-refractivity contribution is 5.95. The van der Waals surface area contributed by atoms with E-state index in [9.17, 15) is 9.59 Å². The normalized spacial score (nSPS) is 9.80. The highest BCUT2D eigenvalue weighted by atomic mass is 16.5. The first-order chi connectivity index (χ1) is 9.65. The number of carbonyl (C=O) groups is 2. The molecule has 0 fully saturated rings. The van der Waals surface area contributed by atoms with Crippen LogP contribution < -0.4 is 15.8 Å². The molecule has 1 aromatic heterocycles. The van der Waals surface area contributed by atoms with Crippen molar-refractivity contribution in [1.82, 2.24) is 9.97 Å². The van der Waals surface area contributed by atoms with E-state index in [1.54, 1.807) is 18.2 Å². The molecule has 0 atom stereocenters. The molecule has 102 valence electrons. The third-order valence-electron chi connectivity index (χ3n) is 2.33. The minimum Gasteiger partial charge on any atom is -0.453 e. The molecule has 3 N–H and O–H groups in total. The van der Waals surface area contributed by atoms with Crippen LogP contribution in [0, 0.1) is 0 Å². The lowest BCUT2D eigenvalue weighted by molar-refractivity contribution is -0.118. The Morgan fingerprint density at radius 1 is 1.15 bits per heavy atom. The van der Waals surface area contributed by atoms with Crippen LogP contribution in [0.5, 0.6) is 6.01 Å². The van der Waals surface area contributed by atoms with Crippen LogP contribution in [0.2, 0.25) is 0 Å². The maximum Gasteiger partial charge on any atom is 0.316 e. The lowest BCUT2D eigenvalue weighted by atomic mass is 10.2. The highest BCUT2D eigenvalue weighted by Crippen LogP contribution is 2.09. The molecule has 0 unspecified atom stereocenters. The number of nitrogens with zero attached hydrogens (tertiary/aromatic N) is 2. The Balaban J connectivity index is 1.86. The Hall–Kier alpha value is -2.96. The van der Waals surface area contributed by atoms with Gasteiger partial charge >= 0.3 is 6.01 Å². The second-order valence-electron chi connectivity index (χ2n) is 3.81. The minimum absolute atomic E-state index is 0.131. The summed E-state index contributed by atoms with van der Waals surface area (Å²) in [5.41, 5.74) is 6.03. The predicted molar refractivity (Wildman–Crippen MR) is 71.1 cm³/mol. The van der Waals surface area contributed by atoms with Crippen molar-refractivity contribution in [3.8, 4) is 6.01 Å². The summed E-state index contributed by atoms with van der Waals surface area (Å²) in [5, 5.41) is 2.61. The molecule has 20 heavy (non-hydrogen) atoms. The van der Waals surface area contributed by atoms with E-state index in [2.05, 4.69) is 15.3 Å². The number of anilines is 1. The predicted octanol–water partition coefficient (Wildman–Crippen LogP) is 0.593. The number of benzene rings is 1. The van der Waals surface area contributed by atoms with Crippen molar-refractivity contribution in [2.24, 2.45) is 5.73 Å². The number of rotatable bonds is 5. The van der Waals surface area contributed by atoms with E-state index in [4.69, 9.17) is 10.5 Å². The van der Waals surface area contributed by atoms with Crippen LogP contribution >= 0.6 is 0 Å². The Bertz CT molecular complexity index is 599. The van der Waals surface area contributed by atoms with Crippen LogP contribution in [0.1, 0.15) is 10.4 Å². The molecule has 0 spiro atoms. The first-order valence-electron chi connectivity index (χ1n) is 5.74. The number of hydrogen-bond acceptors (Lipinski definition) is 5. The van der Waals surface area contributed by atoms with Gasteiger partial charge in [-0.25, -0.2) is 9.97 Å². The van der Waals surface area contributed by atoms with Gasteiger partial charge in [-0.1, -0.05) is 0 Å². The molecular formula is C13H12N4O3. The Kier molecular flexibility index (Phi) is 4.23. The Morgan fingerprint density at radius 3 is 2.40 bits per heavy atom. The number of primary amides is 1. The molecule has 0 aliphatic rings. The first kappa shape index (κ1) is 13.5. The van der Waals surface area contributed by atoms with Gasteiger partial charge in [-0.15, -0.1) is 0 Å². The van der Waals surface area contributed by atoms with Crippen molar-refractivity contribution in [3.63, 3.8) is 0 Å². The summed E-state index contributed by atoms with van der Waals surface area (Å²) in [6.07, 6.45) is 3.03. The van der Waals surface area contributed by atoms with Crippen molar-refractivity contribution in [2.75, 3.05) is 11.9 Å². The third kappa shape index (κ3) is 3.77. The van der Waals surface area contributed by atoms with Gasteiger partial charge in [0.2, 0.25) is 5.91 Å². The molecule has 7 heteroatoms. The molecule has 0 saturated heterocycles. The van der Waals surface area contributed by atoms with Gasteiger partial charge in [0.05, 0.1) is 0 Å². The third-order valence-corrected chi connectivity index (χ3v) is 2.33. The van der Waals surface area contributed by atoms with Gasteiger partial charge in [0, 0.05) is 23.6 Å². The van der Waals surface area contributed by atoms with Crippen LogP contribution in [0.3, 0.4) is 0 Å². The first-order valence-corrected chi connectivity index (χ1v) is 5.74. The molecule has 0 radical (unpaired) electrons. The van der Waals surface area contributed by atoms with Crippen LogP contribution in [0.25, 0.3) is 0 Å². The van der Waals surface area contributed by atoms with E-state index < -0.39 is 5.91 Å². The van der Waals surface area contributed by atoms with Gasteiger partial charge in [0.15, 0.2) is 6.61 Å². The minimum atomic E-state index is -0.521. The number of amides is 2. The van der Waals surface area contributed by atoms with E-state index in [1.165, 1.54) is 24.5 Å². The molecular weight excluding hydrogens is 260 g/mol. The summed E-state index contributed by atoms with van der Waals surface area (Å²) in [4.78, 5) is 30.2. The van der Waals surface area contributed by atoms with E-state index in [-0.39, 0.29) is 18.5 Å². The quantitative estimate of drug-likeness (QED) is 0.828. The van der Waals surface area contributed by atoms with Crippen LogP contribution in [-0.4, -0.2) is 28.4 Å². The fourth-order valence-electron chi connectivity index (χ4n) is 1.40. The molecule has 1 aromatic carbocycles. The van der Waals surface area contributed by atoms with Gasteiger partial charge < -0.3 is 15.8 Å². The molecule has 0 aliphatic carbocycles. The Labute approximate surface area is 114 Å². The zero-order valence-electron chi connectivity index (χ0n) is 10.4. The number of hydrogen-bond donors (Lipinski definition) is 2. The van der Waals surface area contributed by atoms with Gasteiger partial charge in [-0.3, -0.25) is 9.59 Å². The number of ether oxygens (including phenoxy) is 1. The average Bonchev–Trinajstić information content (AvgIpc) is 2.47. The maximum absolute atomic E-state index is 11.6. The largest absolute Gasteiger partial charge is 0.453 e. The van der Waals surface area contributed by atoms with E-state index in [1.807, 2.05) is 0 Å². The number of nitrogens with two attached hydrogens (primary N) is 1. The van der Waals surface area contributed by atoms with E-state index >= 15 is 0 Å². The van der Waals surface area contributed by atoms with Crippen molar-refractivity contribution < 1.29 is 14.3 Å². The smallest absolute Gasteiger partial charge is 0.316 e. The molecule has 0 bridgehead atoms. The van der Waals surface area contributed by atoms with Crippen LogP contribution in [-0.2, 0) is 4.79 Å². The van der Waals surface area contributed by atoms with Crippen molar-refractivity contribution in [1.29, 1.82) is 0 Å². The van der Waals surface area contributed by atoms with Crippen LogP contribution in [0.15, 0.2) is 42.7 Å². The number of carbonyl (C=O) groups excluding carboxylic acids is 2. The van der Waals surface area contributed by atoms with Crippen molar-refractivity contribution in [2.45, 2.75) is 0 Å². The zero-order chi connectivity index (χ0) is 14.4. The summed E-state index contributed by atoms with van der Waals surface area (Å²) in [6.45, 7) is -0.207. The lowest BCUT2D eigenvalue weighted by Gasteiger charge is -2.06. The average molecular weight is 272 g/mol. The molecule has 2 aromatic rings. The summed E-state index contributed by atoms with van der Waals surface area (Å²) in [6, 6.07) is 7.99. The molecule has 0 aliphatic heterocycles. The molecule has 2 rings (SSSR count). The fourth-order valence-corrected chi connectivity index (χ4v) is 1.40. The number of nitrogens with one attached hydrogen (secondary N) is 1.